The number of halogens is 2. The number of ether oxygens (including phenoxy) is 2. The second-order valence-corrected chi connectivity index (χ2v) is 6.46. The monoisotopic (exact) mass is 419 g/mol. The molecule has 0 fully saturated rings. The molecule has 1 aromatic heterocycles. The lowest BCUT2D eigenvalue weighted by Crippen LogP contribution is -2.21. The highest BCUT2D eigenvalue weighted by Crippen LogP contribution is 2.25. The molecule has 1 N–H and O–H groups in total. The topological polar surface area (TPSA) is 77.8 Å². The zero-order chi connectivity index (χ0) is 19.9. The number of hydrogen-bond acceptors (Lipinski definition) is 5. The Balaban J connectivity index is 1.49. The molecule has 6 nitrogen and oxygen atoms in total. The Morgan fingerprint density at radius 1 is 1.00 bits per heavy atom. The Morgan fingerprint density at radius 2 is 1.79 bits per heavy atom. The van der Waals surface area contributed by atoms with Gasteiger partial charge >= 0.3 is 5.97 Å². The first kappa shape index (κ1) is 19.8. The van der Waals surface area contributed by atoms with E-state index in [1.54, 1.807) is 18.2 Å². The number of rotatable bonds is 7. The molecule has 0 bridgehead atoms. The SMILES string of the molecule is O=C(COC(=O)c1ccc(COc2ccccc2)o1)Nc1cc(Cl)ccc1Cl. The van der Waals surface area contributed by atoms with Crippen LogP contribution < -0.4 is 10.1 Å². The molecule has 0 atom stereocenters. The van der Waals surface area contributed by atoms with Crippen LogP contribution in [0.15, 0.2) is 65.1 Å². The molecule has 3 rings (SSSR count). The van der Waals surface area contributed by atoms with E-state index in [2.05, 4.69) is 5.32 Å². The van der Waals surface area contributed by atoms with Crippen LogP contribution in [0, 0.1) is 0 Å². The summed E-state index contributed by atoms with van der Waals surface area (Å²) in [6.07, 6.45) is 0. The van der Waals surface area contributed by atoms with Crippen molar-refractivity contribution in [1.82, 2.24) is 0 Å². The Hall–Kier alpha value is -2.96. The van der Waals surface area contributed by atoms with Crippen molar-refractivity contribution < 1.29 is 23.5 Å². The lowest BCUT2D eigenvalue weighted by molar-refractivity contribution is -0.119. The van der Waals surface area contributed by atoms with Crippen molar-refractivity contribution in [3.05, 3.63) is 82.2 Å². The summed E-state index contributed by atoms with van der Waals surface area (Å²) in [5.74, 6) is -0.222. The maximum Gasteiger partial charge on any atom is 0.374 e. The van der Waals surface area contributed by atoms with Gasteiger partial charge in [-0.1, -0.05) is 41.4 Å². The lowest BCUT2D eigenvalue weighted by atomic mass is 10.3. The average Bonchev–Trinajstić information content (AvgIpc) is 3.17. The number of benzene rings is 2. The number of esters is 1. The van der Waals surface area contributed by atoms with Gasteiger partial charge in [0.2, 0.25) is 5.76 Å². The van der Waals surface area contributed by atoms with Gasteiger partial charge in [0, 0.05) is 5.02 Å². The van der Waals surface area contributed by atoms with E-state index in [9.17, 15) is 9.59 Å². The fraction of sp³-hybridized carbons (Fsp3) is 0.100. The number of furan rings is 1. The highest BCUT2D eigenvalue weighted by atomic mass is 35.5. The minimum atomic E-state index is -0.765. The highest BCUT2D eigenvalue weighted by Gasteiger charge is 2.15. The van der Waals surface area contributed by atoms with E-state index in [1.165, 1.54) is 12.1 Å². The number of para-hydroxylation sites is 1. The van der Waals surface area contributed by atoms with Crippen LogP contribution in [0.3, 0.4) is 0 Å². The Labute approximate surface area is 171 Å². The maximum absolute atomic E-state index is 12.0. The first-order chi connectivity index (χ1) is 13.5. The van der Waals surface area contributed by atoms with E-state index in [-0.39, 0.29) is 12.4 Å². The number of anilines is 1. The summed E-state index contributed by atoms with van der Waals surface area (Å²) in [5.41, 5.74) is 0.327. The lowest BCUT2D eigenvalue weighted by Gasteiger charge is -2.08. The molecule has 8 heteroatoms. The molecule has 3 aromatic rings. The van der Waals surface area contributed by atoms with Crippen molar-refractivity contribution in [2.45, 2.75) is 6.61 Å². The summed E-state index contributed by atoms with van der Waals surface area (Å²) in [6, 6.07) is 16.9. The van der Waals surface area contributed by atoms with Gasteiger partial charge in [0.25, 0.3) is 5.91 Å². The molecule has 0 radical (unpaired) electrons. The summed E-state index contributed by atoms with van der Waals surface area (Å²) in [6.45, 7) is -0.344. The van der Waals surface area contributed by atoms with Crippen LogP contribution in [-0.4, -0.2) is 18.5 Å². The molecule has 0 saturated heterocycles. The van der Waals surface area contributed by atoms with Gasteiger partial charge in [0.05, 0.1) is 10.7 Å². The van der Waals surface area contributed by atoms with E-state index < -0.39 is 18.5 Å². The zero-order valence-corrected chi connectivity index (χ0v) is 16.0. The number of amides is 1. The van der Waals surface area contributed by atoms with Crippen LogP contribution >= 0.6 is 23.2 Å². The summed E-state index contributed by atoms with van der Waals surface area (Å²) < 4.78 is 15.9. The Morgan fingerprint density at radius 3 is 2.57 bits per heavy atom. The van der Waals surface area contributed by atoms with Crippen molar-refractivity contribution in [3.8, 4) is 5.75 Å². The minimum absolute atomic E-state index is 0.0275. The molecule has 2 aromatic carbocycles. The first-order valence-corrected chi connectivity index (χ1v) is 8.95. The summed E-state index contributed by atoms with van der Waals surface area (Å²) in [5, 5.41) is 3.25. The van der Waals surface area contributed by atoms with Gasteiger partial charge in [-0.2, -0.15) is 0 Å². The molecule has 1 amide bonds. The van der Waals surface area contributed by atoms with Gasteiger partial charge in [-0.05, 0) is 42.5 Å². The summed E-state index contributed by atoms with van der Waals surface area (Å²) in [7, 11) is 0. The van der Waals surface area contributed by atoms with E-state index in [0.29, 0.717) is 27.2 Å². The molecule has 1 heterocycles. The van der Waals surface area contributed by atoms with Crippen LogP contribution in [0.25, 0.3) is 0 Å². The van der Waals surface area contributed by atoms with Gasteiger partial charge in [-0.15, -0.1) is 0 Å². The Bertz CT molecular complexity index is 972. The van der Waals surface area contributed by atoms with Crippen molar-refractivity contribution in [2.75, 3.05) is 11.9 Å². The predicted octanol–water partition coefficient (Wildman–Crippen LogP) is 4.96. The van der Waals surface area contributed by atoms with Gasteiger partial charge in [0.1, 0.15) is 18.1 Å². The van der Waals surface area contributed by atoms with Gasteiger partial charge in [-0.3, -0.25) is 4.79 Å². The molecule has 0 aliphatic carbocycles. The van der Waals surface area contributed by atoms with Crippen LogP contribution in [0.5, 0.6) is 5.75 Å². The molecule has 0 saturated carbocycles. The predicted molar refractivity (Wildman–Crippen MR) is 105 cm³/mol. The smallest absolute Gasteiger partial charge is 0.374 e. The molecule has 0 aliphatic rings. The third kappa shape index (κ3) is 5.52. The van der Waals surface area contributed by atoms with E-state index in [4.69, 9.17) is 37.1 Å². The average molecular weight is 420 g/mol. The van der Waals surface area contributed by atoms with Crippen molar-refractivity contribution in [3.63, 3.8) is 0 Å². The Kier molecular flexibility index (Phi) is 6.57. The van der Waals surface area contributed by atoms with Crippen LogP contribution in [-0.2, 0) is 16.1 Å². The number of carbonyl (C=O) groups is 2. The van der Waals surface area contributed by atoms with E-state index >= 15 is 0 Å². The second kappa shape index (κ2) is 9.30. The molecular weight excluding hydrogens is 405 g/mol. The number of nitrogens with one attached hydrogen (secondary N) is 1. The minimum Gasteiger partial charge on any atom is -0.486 e. The second-order valence-electron chi connectivity index (χ2n) is 5.62. The standard InChI is InChI=1S/C20H15Cl2NO5/c21-13-6-8-16(22)17(10-13)23-19(24)12-27-20(25)18-9-7-15(28-18)11-26-14-4-2-1-3-5-14/h1-10H,11-12H2,(H,23,24). The van der Waals surface area contributed by atoms with Crippen molar-refractivity contribution >= 4 is 40.8 Å². The molecule has 28 heavy (non-hydrogen) atoms. The van der Waals surface area contributed by atoms with Crippen LogP contribution in [0.2, 0.25) is 10.0 Å². The first-order valence-electron chi connectivity index (χ1n) is 8.20. The van der Waals surface area contributed by atoms with Gasteiger partial charge in [-0.25, -0.2) is 4.79 Å². The molecular formula is C20H15Cl2NO5. The largest absolute Gasteiger partial charge is 0.486 e. The molecule has 0 unspecified atom stereocenters. The van der Waals surface area contributed by atoms with Gasteiger partial charge in [0.15, 0.2) is 6.61 Å². The third-order valence-electron chi connectivity index (χ3n) is 3.52. The molecule has 0 spiro atoms. The molecule has 144 valence electrons. The van der Waals surface area contributed by atoms with E-state index in [1.807, 2.05) is 30.3 Å². The quantitative estimate of drug-likeness (QED) is 0.547. The maximum atomic E-state index is 12.0. The van der Waals surface area contributed by atoms with Crippen LogP contribution in [0.4, 0.5) is 5.69 Å². The fourth-order valence-electron chi connectivity index (χ4n) is 2.22. The number of hydrogen-bond donors (Lipinski definition) is 1. The highest BCUT2D eigenvalue weighted by molar-refractivity contribution is 6.35. The summed E-state index contributed by atoms with van der Waals surface area (Å²) in [4.78, 5) is 24.0. The van der Waals surface area contributed by atoms with Crippen LogP contribution in [0.1, 0.15) is 16.3 Å². The fourth-order valence-corrected chi connectivity index (χ4v) is 2.56. The molecule has 0 aliphatic heterocycles. The van der Waals surface area contributed by atoms with E-state index in [0.717, 1.165) is 0 Å². The third-order valence-corrected chi connectivity index (χ3v) is 4.09. The zero-order valence-electron chi connectivity index (χ0n) is 14.5. The van der Waals surface area contributed by atoms with Crippen molar-refractivity contribution in [2.24, 2.45) is 0 Å². The summed E-state index contributed by atoms with van der Waals surface area (Å²) >= 11 is 11.8. The number of carbonyl (C=O) groups excluding carboxylic acids is 2. The van der Waals surface area contributed by atoms with Gasteiger partial charge < -0.3 is 19.2 Å². The normalized spacial score (nSPS) is 10.4. The van der Waals surface area contributed by atoms with Crippen molar-refractivity contribution in [1.29, 1.82) is 0 Å².